The quantitative estimate of drug-likeness (QED) is 0.844. The zero-order valence-corrected chi connectivity index (χ0v) is 13.1. The number of rotatable bonds is 2. The number of hydrogen-bond donors (Lipinski definition) is 1. The molecule has 0 bridgehead atoms. The van der Waals surface area contributed by atoms with Crippen LogP contribution in [-0.2, 0) is 17.7 Å². The van der Waals surface area contributed by atoms with E-state index in [0.717, 1.165) is 22.9 Å². The van der Waals surface area contributed by atoms with E-state index in [9.17, 15) is 14.7 Å². The van der Waals surface area contributed by atoms with Gasteiger partial charge in [0.25, 0.3) is 5.56 Å². The van der Waals surface area contributed by atoms with Crippen LogP contribution >= 0.6 is 15.9 Å². The number of aromatic nitrogens is 1. The number of carbonyl (C=O) groups is 1. The molecule has 1 N–H and O–H groups in total. The minimum absolute atomic E-state index is 0.152. The van der Waals surface area contributed by atoms with Gasteiger partial charge in [-0.2, -0.15) is 0 Å². The second-order valence-corrected chi connectivity index (χ2v) is 5.88. The standard InChI is InChI=1S/C15H14BrNO4/c1-2-21-15(20)11-13(18)10-7-9(16)6-8-4-3-5-17(12(8)10)14(11)19/h6-7,18H,2-5H2,1H3. The van der Waals surface area contributed by atoms with Crippen LogP contribution in [0.15, 0.2) is 21.4 Å². The van der Waals surface area contributed by atoms with Gasteiger partial charge in [-0.15, -0.1) is 0 Å². The fraction of sp³-hybridized carbons (Fsp3) is 0.333. The first-order valence-electron chi connectivity index (χ1n) is 6.79. The molecule has 1 aromatic carbocycles. The van der Waals surface area contributed by atoms with Crippen LogP contribution in [0.5, 0.6) is 5.75 Å². The summed E-state index contributed by atoms with van der Waals surface area (Å²) in [5.74, 6) is -1.08. The van der Waals surface area contributed by atoms with E-state index in [1.54, 1.807) is 17.6 Å². The molecule has 1 aromatic heterocycles. The van der Waals surface area contributed by atoms with Gasteiger partial charge < -0.3 is 14.4 Å². The molecule has 5 nitrogen and oxygen atoms in total. The highest BCUT2D eigenvalue weighted by Crippen LogP contribution is 2.34. The van der Waals surface area contributed by atoms with Crippen LogP contribution in [0.25, 0.3) is 10.9 Å². The molecule has 3 rings (SSSR count). The topological polar surface area (TPSA) is 68.5 Å². The lowest BCUT2D eigenvalue weighted by molar-refractivity contribution is 0.0520. The van der Waals surface area contributed by atoms with Crippen LogP contribution in [0, 0.1) is 0 Å². The second-order valence-electron chi connectivity index (χ2n) is 4.97. The number of carbonyl (C=O) groups excluding carboxylic acids is 1. The number of halogens is 1. The van der Waals surface area contributed by atoms with Gasteiger partial charge in [-0.3, -0.25) is 4.79 Å². The lowest BCUT2D eigenvalue weighted by Gasteiger charge is -2.21. The van der Waals surface area contributed by atoms with Crippen molar-refractivity contribution in [3.63, 3.8) is 0 Å². The molecule has 0 aliphatic carbocycles. The third-order valence-electron chi connectivity index (χ3n) is 3.68. The fourth-order valence-corrected chi connectivity index (χ4v) is 3.35. The molecule has 0 atom stereocenters. The van der Waals surface area contributed by atoms with E-state index in [1.807, 2.05) is 6.07 Å². The molecule has 21 heavy (non-hydrogen) atoms. The summed E-state index contributed by atoms with van der Waals surface area (Å²) < 4.78 is 7.26. The van der Waals surface area contributed by atoms with Gasteiger partial charge in [0, 0.05) is 16.4 Å². The third kappa shape index (κ3) is 2.14. The summed E-state index contributed by atoms with van der Waals surface area (Å²) in [6, 6.07) is 3.67. The number of aryl methyl sites for hydroxylation is 2. The van der Waals surface area contributed by atoms with Crippen molar-refractivity contribution in [2.75, 3.05) is 6.61 Å². The molecule has 0 radical (unpaired) electrons. The van der Waals surface area contributed by atoms with Crippen molar-refractivity contribution in [2.24, 2.45) is 0 Å². The normalized spacial score (nSPS) is 13.4. The Hall–Kier alpha value is -1.82. The van der Waals surface area contributed by atoms with Gasteiger partial charge in [-0.25, -0.2) is 4.79 Å². The number of ether oxygens (including phenoxy) is 1. The predicted molar refractivity (Wildman–Crippen MR) is 81.9 cm³/mol. The number of benzene rings is 1. The van der Waals surface area contributed by atoms with E-state index in [1.165, 1.54) is 0 Å². The molecule has 110 valence electrons. The van der Waals surface area contributed by atoms with Crippen LogP contribution in [0.2, 0.25) is 0 Å². The van der Waals surface area contributed by atoms with E-state index >= 15 is 0 Å². The Labute approximate surface area is 129 Å². The van der Waals surface area contributed by atoms with E-state index in [-0.39, 0.29) is 17.9 Å². The summed E-state index contributed by atoms with van der Waals surface area (Å²) >= 11 is 3.40. The lowest BCUT2D eigenvalue weighted by atomic mass is 9.99. The molecular formula is C15H14BrNO4. The van der Waals surface area contributed by atoms with E-state index in [0.29, 0.717) is 17.4 Å². The SMILES string of the molecule is CCOC(=O)c1c(O)c2cc(Br)cc3c2n(c1=O)CCC3. The van der Waals surface area contributed by atoms with Crippen LogP contribution in [0.3, 0.4) is 0 Å². The van der Waals surface area contributed by atoms with Crippen molar-refractivity contribution >= 4 is 32.8 Å². The van der Waals surface area contributed by atoms with Crippen molar-refractivity contribution in [3.8, 4) is 5.75 Å². The molecule has 0 saturated heterocycles. The Bertz CT molecular complexity index is 810. The van der Waals surface area contributed by atoms with Gasteiger partial charge in [0.15, 0.2) is 5.56 Å². The van der Waals surface area contributed by atoms with Crippen molar-refractivity contribution < 1.29 is 14.6 Å². The average Bonchev–Trinajstić information content (AvgIpc) is 2.44. The molecule has 1 aliphatic heterocycles. The minimum Gasteiger partial charge on any atom is -0.506 e. The van der Waals surface area contributed by atoms with Crippen molar-refractivity contribution in [1.29, 1.82) is 0 Å². The third-order valence-corrected chi connectivity index (χ3v) is 4.14. The highest BCUT2D eigenvalue weighted by atomic mass is 79.9. The molecule has 0 saturated carbocycles. The maximum Gasteiger partial charge on any atom is 0.347 e. The number of nitrogens with zero attached hydrogens (tertiary/aromatic N) is 1. The van der Waals surface area contributed by atoms with Crippen LogP contribution < -0.4 is 5.56 Å². The molecule has 6 heteroatoms. The van der Waals surface area contributed by atoms with Crippen LogP contribution in [0.1, 0.15) is 29.3 Å². The number of hydrogen-bond acceptors (Lipinski definition) is 4. The Morgan fingerprint density at radius 3 is 2.95 bits per heavy atom. The first kappa shape index (κ1) is 14.1. The second kappa shape index (κ2) is 5.18. The smallest absolute Gasteiger partial charge is 0.347 e. The largest absolute Gasteiger partial charge is 0.506 e. The first-order valence-corrected chi connectivity index (χ1v) is 7.59. The van der Waals surface area contributed by atoms with Gasteiger partial charge in [0.1, 0.15) is 5.75 Å². The first-order chi connectivity index (χ1) is 10.0. The van der Waals surface area contributed by atoms with Gasteiger partial charge in [-0.1, -0.05) is 15.9 Å². The zero-order chi connectivity index (χ0) is 15.1. The molecule has 2 heterocycles. The molecule has 0 amide bonds. The highest BCUT2D eigenvalue weighted by Gasteiger charge is 2.26. The van der Waals surface area contributed by atoms with Crippen molar-refractivity contribution in [2.45, 2.75) is 26.3 Å². The summed E-state index contributed by atoms with van der Waals surface area (Å²) in [5, 5.41) is 10.9. The van der Waals surface area contributed by atoms with Crippen LogP contribution in [-0.4, -0.2) is 22.2 Å². The maximum absolute atomic E-state index is 12.5. The van der Waals surface area contributed by atoms with Gasteiger partial charge in [-0.05, 0) is 37.5 Å². The molecule has 1 aliphatic rings. The molecule has 2 aromatic rings. The van der Waals surface area contributed by atoms with Crippen molar-refractivity contribution in [3.05, 3.63) is 38.1 Å². The Morgan fingerprint density at radius 1 is 1.48 bits per heavy atom. The number of aromatic hydroxyl groups is 1. The summed E-state index contributed by atoms with van der Waals surface area (Å²) in [6.07, 6.45) is 1.67. The zero-order valence-electron chi connectivity index (χ0n) is 11.5. The molecule has 0 fully saturated rings. The molecule has 0 unspecified atom stereocenters. The van der Waals surface area contributed by atoms with Crippen LogP contribution in [0.4, 0.5) is 0 Å². The van der Waals surface area contributed by atoms with E-state index in [2.05, 4.69) is 15.9 Å². The maximum atomic E-state index is 12.5. The van der Waals surface area contributed by atoms with Gasteiger partial charge in [0.2, 0.25) is 0 Å². The van der Waals surface area contributed by atoms with Gasteiger partial charge >= 0.3 is 5.97 Å². The lowest BCUT2D eigenvalue weighted by Crippen LogP contribution is -2.30. The Balaban J connectivity index is 2.43. The summed E-state index contributed by atoms with van der Waals surface area (Å²) in [4.78, 5) is 24.5. The highest BCUT2D eigenvalue weighted by molar-refractivity contribution is 9.10. The molecule has 0 spiro atoms. The summed E-state index contributed by atoms with van der Waals surface area (Å²) in [6.45, 7) is 2.35. The summed E-state index contributed by atoms with van der Waals surface area (Å²) in [7, 11) is 0. The fourth-order valence-electron chi connectivity index (χ4n) is 2.85. The number of esters is 1. The number of pyridine rings is 1. The van der Waals surface area contributed by atoms with Crippen molar-refractivity contribution in [1.82, 2.24) is 4.57 Å². The minimum atomic E-state index is -0.780. The average molecular weight is 352 g/mol. The van der Waals surface area contributed by atoms with Gasteiger partial charge in [0.05, 0.1) is 12.1 Å². The Kier molecular flexibility index (Phi) is 3.49. The molecular weight excluding hydrogens is 338 g/mol. The predicted octanol–water partition coefficient (Wildman–Crippen LogP) is 2.59. The Morgan fingerprint density at radius 2 is 2.24 bits per heavy atom. The van der Waals surface area contributed by atoms with E-state index < -0.39 is 11.5 Å². The monoisotopic (exact) mass is 351 g/mol. The summed E-state index contributed by atoms with van der Waals surface area (Å²) in [5.41, 5.74) is 0.936. The van der Waals surface area contributed by atoms with E-state index in [4.69, 9.17) is 4.74 Å².